The summed E-state index contributed by atoms with van der Waals surface area (Å²) >= 11 is 0. The van der Waals surface area contributed by atoms with E-state index in [1.54, 1.807) is 0 Å². The van der Waals surface area contributed by atoms with Crippen LogP contribution in [0, 0.1) is 5.92 Å². The van der Waals surface area contributed by atoms with Crippen molar-refractivity contribution >= 4 is 0 Å². The fraction of sp³-hybridized carbons (Fsp3) is 0.846. The molecule has 1 N–H and O–H groups in total. The van der Waals surface area contributed by atoms with Crippen LogP contribution in [0.2, 0.25) is 0 Å². The Morgan fingerprint density at radius 3 is 2.62 bits per heavy atom. The van der Waals surface area contributed by atoms with Crippen molar-refractivity contribution in [3.05, 3.63) is 12.7 Å². The van der Waals surface area contributed by atoms with Crippen molar-refractivity contribution in [1.82, 2.24) is 10.2 Å². The van der Waals surface area contributed by atoms with E-state index in [-0.39, 0.29) is 5.54 Å². The average molecular weight is 226 g/mol. The molecule has 94 valence electrons. The van der Waals surface area contributed by atoms with Gasteiger partial charge in [-0.15, -0.1) is 6.58 Å². The minimum absolute atomic E-state index is 0.190. The summed E-state index contributed by atoms with van der Waals surface area (Å²) in [6, 6.07) is 0.495. The second-order valence-electron chi connectivity index (χ2n) is 5.56. The van der Waals surface area contributed by atoms with Gasteiger partial charge in [0, 0.05) is 30.6 Å². The van der Waals surface area contributed by atoms with Crippen LogP contribution >= 0.6 is 0 Å². The summed E-state index contributed by atoms with van der Waals surface area (Å²) in [5.74, 6) is 0.587. The number of likely N-dealkylation sites (N-methyl/N-ethyl adjacent to an activating group) is 1. The van der Waals surface area contributed by atoms with Gasteiger partial charge in [-0.3, -0.25) is 4.90 Å². The van der Waals surface area contributed by atoms with Crippen molar-refractivity contribution in [2.75, 3.05) is 33.4 Å². The number of hydrogen-bond donors (Lipinski definition) is 1. The minimum Gasteiger partial charge on any atom is -0.379 e. The summed E-state index contributed by atoms with van der Waals surface area (Å²) in [6.45, 7) is 14.3. The summed E-state index contributed by atoms with van der Waals surface area (Å²) in [4.78, 5) is 2.46. The Bertz CT molecular complexity index is 222. The summed E-state index contributed by atoms with van der Waals surface area (Å²) in [5, 5.41) is 3.34. The number of nitrogens with one attached hydrogen (secondary N) is 1. The molecular formula is C13H26N2O. The third-order valence-electron chi connectivity index (χ3n) is 3.32. The molecule has 0 saturated carbocycles. The molecule has 2 unspecified atom stereocenters. The summed E-state index contributed by atoms with van der Waals surface area (Å²) < 4.78 is 5.54. The van der Waals surface area contributed by atoms with Gasteiger partial charge in [0.15, 0.2) is 0 Å². The van der Waals surface area contributed by atoms with Crippen molar-refractivity contribution in [1.29, 1.82) is 0 Å². The van der Waals surface area contributed by atoms with Crippen LogP contribution in [0.1, 0.15) is 20.8 Å². The Balaban J connectivity index is 2.57. The molecule has 0 radical (unpaired) electrons. The predicted octanol–water partition coefficient (Wildman–Crippen LogP) is 1.51. The van der Waals surface area contributed by atoms with Gasteiger partial charge in [0.2, 0.25) is 0 Å². The molecule has 0 aromatic heterocycles. The van der Waals surface area contributed by atoms with Gasteiger partial charge in [-0.05, 0) is 27.8 Å². The normalized spacial score (nSPS) is 26.3. The smallest absolute Gasteiger partial charge is 0.0623 e. The van der Waals surface area contributed by atoms with E-state index in [4.69, 9.17) is 4.74 Å². The molecule has 3 nitrogen and oxygen atoms in total. The first-order chi connectivity index (χ1) is 7.49. The monoisotopic (exact) mass is 226 g/mol. The number of hydrogen-bond acceptors (Lipinski definition) is 3. The Hall–Kier alpha value is -0.380. The molecule has 1 aliphatic rings. The quantitative estimate of drug-likeness (QED) is 0.719. The lowest BCUT2D eigenvalue weighted by Gasteiger charge is -2.37. The van der Waals surface area contributed by atoms with E-state index >= 15 is 0 Å². The second kappa shape index (κ2) is 5.80. The zero-order valence-electron chi connectivity index (χ0n) is 11.1. The van der Waals surface area contributed by atoms with Crippen LogP contribution in [0.15, 0.2) is 12.7 Å². The molecule has 16 heavy (non-hydrogen) atoms. The molecule has 0 bridgehead atoms. The molecule has 1 heterocycles. The first kappa shape index (κ1) is 13.7. The molecule has 0 amide bonds. The van der Waals surface area contributed by atoms with E-state index < -0.39 is 0 Å². The lowest BCUT2D eigenvalue weighted by atomic mass is 9.99. The minimum atomic E-state index is 0.190. The van der Waals surface area contributed by atoms with Gasteiger partial charge >= 0.3 is 0 Å². The molecule has 0 aromatic carbocycles. The molecule has 1 fully saturated rings. The summed E-state index contributed by atoms with van der Waals surface area (Å²) in [5.41, 5.74) is 0.190. The molecule has 3 heteroatoms. The van der Waals surface area contributed by atoms with Crippen LogP contribution < -0.4 is 5.32 Å². The molecule has 0 spiro atoms. The third kappa shape index (κ3) is 3.58. The van der Waals surface area contributed by atoms with E-state index in [1.165, 1.54) is 0 Å². The SMILES string of the molecule is C=CCN(CC1COCC1NC)C(C)(C)C. The van der Waals surface area contributed by atoms with Crippen LogP contribution in [0.4, 0.5) is 0 Å². The van der Waals surface area contributed by atoms with Crippen molar-refractivity contribution in [2.45, 2.75) is 32.4 Å². The topological polar surface area (TPSA) is 24.5 Å². The highest BCUT2D eigenvalue weighted by Crippen LogP contribution is 2.20. The highest BCUT2D eigenvalue weighted by molar-refractivity contribution is 4.89. The van der Waals surface area contributed by atoms with Gasteiger partial charge in [-0.25, -0.2) is 0 Å². The third-order valence-corrected chi connectivity index (χ3v) is 3.32. The van der Waals surface area contributed by atoms with Crippen LogP contribution in [-0.4, -0.2) is 49.8 Å². The predicted molar refractivity (Wildman–Crippen MR) is 68.7 cm³/mol. The van der Waals surface area contributed by atoms with Crippen LogP contribution in [-0.2, 0) is 4.74 Å². The first-order valence-corrected chi connectivity index (χ1v) is 6.10. The van der Waals surface area contributed by atoms with Crippen molar-refractivity contribution in [3.63, 3.8) is 0 Å². The standard InChI is InChI=1S/C13H26N2O/c1-6-7-15(13(2,3)4)8-11-9-16-10-12(11)14-5/h6,11-12,14H,1,7-10H2,2-5H3. The van der Waals surface area contributed by atoms with Crippen molar-refractivity contribution in [2.24, 2.45) is 5.92 Å². The lowest BCUT2D eigenvalue weighted by Crippen LogP contribution is -2.47. The first-order valence-electron chi connectivity index (χ1n) is 6.10. The van der Waals surface area contributed by atoms with Crippen molar-refractivity contribution < 1.29 is 4.74 Å². The molecular weight excluding hydrogens is 200 g/mol. The fourth-order valence-electron chi connectivity index (χ4n) is 2.16. The fourth-order valence-corrected chi connectivity index (χ4v) is 2.16. The van der Waals surface area contributed by atoms with E-state index in [2.05, 4.69) is 37.6 Å². The molecule has 1 aliphatic heterocycles. The van der Waals surface area contributed by atoms with E-state index in [9.17, 15) is 0 Å². The van der Waals surface area contributed by atoms with Gasteiger partial charge in [-0.1, -0.05) is 6.08 Å². The highest BCUT2D eigenvalue weighted by atomic mass is 16.5. The Morgan fingerprint density at radius 2 is 2.12 bits per heavy atom. The van der Waals surface area contributed by atoms with Crippen LogP contribution in [0.3, 0.4) is 0 Å². The summed E-state index contributed by atoms with van der Waals surface area (Å²) in [7, 11) is 2.02. The maximum absolute atomic E-state index is 5.54. The largest absolute Gasteiger partial charge is 0.379 e. The van der Waals surface area contributed by atoms with Gasteiger partial charge in [0.25, 0.3) is 0 Å². The number of ether oxygens (including phenoxy) is 1. The van der Waals surface area contributed by atoms with Gasteiger partial charge in [0.05, 0.1) is 13.2 Å². The molecule has 2 atom stereocenters. The molecule has 1 saturated heterocycles. The Labute approximate surface area is 99.8 Å². The maximum Gasteiger partial charge on any atom is 0.0623 e. The number of nitrogens with zero attached hydrogens (tertiary/aromatic N) is 1. The molecule has 0 aliphatic carbocycles. The Kier molecular flexibility index (Phi) is 4.96. The van der Waals surface area contributed by atoms with Gasteiger partial charge < -0.3 is 10.1 Å². The zero-order chi connectivity index (χ0) is 12.2. The van der Waals surface area contributed by atoms with Crippen LogP contribution in [0.5, 0.6) is 0 Å². The Morgan fingerprint density at radius 1 is 1.44 bits per heavy atom. The average Bonchev–Trinajstić information content (AvgIpc) is 2.63. The van der Waals surface area contributed by atoms with E-state index in [1.807, 2.05) is 13.1 Å². The van der Waals surface area contributed by atoms with Crippen molar-refractivity contribution in [3.8, 4) is 0 Å². The lowest BCUT2D eigenvalue weighted by molar-refractivity contribution is 0.115. The van der Waals surface area contributed by atoms with Gasteiger partial charge in [-0.2, -0.15) is 0 Å². The van der Waals surface area contributed by atoms with Crippen LogP contribution in [0.25, 0.3) is 0 Å². The highest BCUT2D eigenvalue weighted by Gasteiger charge is 2.31. The van der Waals surface area contributed by atoms with Gasteiger partial charge in [0.1, 0.15) is 0 Å². The molecule has 0 aromatic rings. The molecule has 1 rings (SSSR count). The maximum atomic E-state index is 5.54. The summed E-state index contributed by atoms with van der Waals surface area (Å²) in [6.07, 6.45) is 1.98. The van der Waals surface area contributed by atoms with E-state index in [0.717, 1.165) is 26.3 Å². The van der Waals surface area contributed by atoms with E-state index in [0.29, 0.717) is 12.0 Å². The number of rotatable bonds is 5. The second-order valence-corrected chi connectivity index (χ2v) is 5.56. The zero-order valence-corrected chi connectivity index (χ0v) is 11.1.